The van der Waals surface area contributed by atoms with Gasteiger partial charge >= 0.3 is 7.48 Å². The number of para-hydroxylation sites is 1. The number of anilines is 3. The molecule has 6 aromatic carbocycles. The molecule has 197 valence electrons. The minimum Gasteiger partial charge on any atom is -0.427 e. The number of rotatable bonds is 7. The summed E-state index contributed by atoms with van der Waals surface area (Å²) in [6.45, 7) is 7.30. The highest BCUT2D eigenvalue weighted by molar-refractivity contribution is 6.47. The predicted molar refractivity (Wildman–Crippen MR) is 170 cm³/mol. The van der Waals surface area contributed by atoms with Gasteiger partial charge in [0.15, 0.2) is 0 Å². The van der Waals surface area contributed by atoms with Gasteiger partial charge in [0.05, 0.1) is 11.2 Å². The van der Waals surface area contributed by atoms with Crippen LogP contribution in [0.2, 0.25) is 0 Å². The molecule has 0 unspecified atom stereocenters. The molecule has 1 radical (unpaired) electrons. The number of fused-ring (bicyclic) bond motifs is 5. The Morgan fingerprint density at radius 2 is 1.12 bits per heavy atom. The van der Waals surface area contributed by atoms with Crippen LogP contribution in [-0.2, 0) is 4.65 Å². The van der Waals surface area contributed by atoms with Gasteiger partial charge in [-0.05, 0) is 96.4 Å². The second-order valence-corrected chi connectivity index (χ2v) is 11.4. The third kappa shape index (κ3) is 4.85. The maximum atomic E-state index is 10.4. The fraction of sp³-hybridized carbons (Fsp3) is 0.167. The summed E-state index contributed by atoms with van der Waals surface area (Å²) >= 11 is 0. The van der Waals surface area contributed by atoms with Gasteiger partial charge < -0.3 is 14.7 Å². The van der Waals surface area contributed by atoms with Crippen LogP contribution in [0, 0.1) is 0 Å². The molecule has 3 nitrogen and oxygen atoms in total. The molecule has 0 aliphatic heterocycles. The van der Waals surface area contributed by atoms with Gasteiger partial charge in [-0.3, -0.25) is 0 Å². The van der Waals surface area contributed by atoms with Crippen LogP contribution < -0.4 is 10.4 Å². The second kappa shape index (κ2) is 10.1. The molecule has 0 aromatic heterocycles. The van der Waals surface area contributed by atoms with Crippen LogP contribution in [0.1, 0.15) is 27.7 Å². The predicted octanol–water partition coefficient (Wildman–Crippen LogP) is 8.43. The minimum absolute atomic E-state index is 0.722. The van der Waals surface area contributed by atoms with E-state index in [9.17, 15) is 5.11 Å². The summed E-state index contributed by atoms with van der Waals surface area (Å²) in [6.07, 6.45) is 0. The van der Waals surface area contributed by atoms with Gasteiger partial charge in [0.25, 0.3) is 0 Å². The van der Waals surface area contributed by atoms with E-state index in [1.165, 1.54) is 32.3 Å². The Morgan fingerprint density at radius 1 is 0.575 bits per heavy atom. The zero-order valence-electron chi connectivity index (χ0n) is 23.4. The van der Waals surface area contributed by atoms with Gasteiger partial charge in [0, 0.05) is 17.1 Å². The van der Waals surface area contributed by atoms with Gasteiger partial charge in [-0.25, -0.2) is 0 Å². The summed E-state index contributed by atoms with van der Waals surface area (Å²) < 4.78 is 5.99. The van der Waals surface area contributed by atoms with Crippen molar-refractivity contribution in [3.63, 3.8) is 0 Å². The lowest BCUT2D eigenvalue weighted by atomic mass is 9.82. The van der Waals surface area contributed by atoms with E-state index in [4.69, 9.17) is 4.65 Å². The Hall–Kier alpha value is -4.12. The molecule has 1 N–H and O–H groups in total. The van der Waals surface area contributed by atoms with Crippen LogP contribution in [0.3, 0.4) is 0 Å². The highest BCUT2D eigenvalue weighted by atomic mass is 16.5. The van der Waals surface area contributed by atoms with E-state index in [1.54, 1.807) is 21.3 Å². The van der Waals surface area contributed by atoms with Crippen molar-refractivity contribution in [1.82, 2.24) is 0 Å². The fourth-order valence-electron chi connectivity index (χ4n) is 5.04. The van der Waals surface area contributed by atoms with Crippen LogP contribution in [-0.4, -0.2) is 23.8 Å². The Bertz CT molecular complexity index is 1800. The monoisotopic (exact) mass is 522 g/mol. The van der Waals surface area contributed by atoms with Crippen molar-refractivity contribution in [3.8, 4) is 0 Å². The van der Waals surface area contributed by atoms with E-state index in [-0.39, 0.29) is 0 Å². The maximum Gasteiger partial charge on any atom is 0.330 e. The Balaban J connectivity index is 1.44. The SMILES string of the molecule is CC(C)(O)C(C)(C)O[B]c1ccc(N(c2ccccc2)c2ccc3ccc4ccc5ccccc5c4c3c2)cc1. The lowest BCUT2D eigenvalue weighted by Gasteiger charge is -2.37. The molecule has 6 rings (SSSR count). The van der Waals surface area contributed by atoms with E-state index in [1.807, 2.05) is 19.9 Å². The average Bonchev–Trinajstić information content (AvgIpc) is 2.96. The van der Waals surface area contributed by atoms with Gasteiger partial charge in [-0.1, -0.05) is 90.4 Å². The van der Waals surface area contributed by atoms with Crippen molar-refractivity contribution in [2.45, 2.75) is 38.9 Å². The number of benzene rings is 6. The molecule has 0 atom stereocenters. The molecule has 40 heavy (non-hydrogen) atoms. The van der Waals surface area contributed by atoms with Crippen molar-refractivity contribution in [1.29, 1.82) is 0 Å². The molecule has 4 heteroatoms. The summed E-state index contributed by atoms with van der Waals surface area (Å²) in [4.78, 5) is 2.29. The summed E-state index contributed by atoms with van der Waals surface area (Å²) in [5, 5.41) is 17.9. The Morgan fingerprint density at radius 3 is 1.82 bits per heavy atom. The molecule has 0 bridgehead atoms. The molecule has 0 amide bonds. The lowest BCUT2D eigenvalue weighted by molar-refractivity contribution is -0.0893. The first-order valence-electron chi connectivity index (χ1n) is 13.7. The number of hydrogen-bond donors (Lipinski definition) is 1. The zero-order chi connectivity index (χ0) is 27.9. The highest BCUT2D eigenvalue weighted by Gasteiger charge is 2.35. The molecule has 0 aliphatic carbocycles. The number of hydrogen-bond acceptors (Lipinski definition) is 3. The molecule has 0 spiro atoms. The first-order chi connectivity index (χ1) is 19.2. The van der Waals surface area contributed by atoms with Crippen molar-refractivity contribution in [2.24, 2.45) is 0 Å². The van der Waals surface area contributed by atoms with E-state index >= 15 is 0 Å². The van der Waals surface area contributed by atoms with E-state index < -0.39 is 11.2 Å². The van der Waals surface area contributed by atoms with E-state index in [0.29, 0.717) is 0 Å². The largest absolute Gasteiger partial charge is 0.427 e. The topological polar surface area (TPSA) is 32.7 Å². The quantitative estimate of drug-likeness (QED) is 0.169. The highest BCUT2D eigenvalue weighted by Crippen LogP contribution is 2.39. The van der Waals surface area contributed by atoms with Crippen molar-refractivity contribution in [3.05, 3.63) is 121 Å². The summed E-state index contributed by atoms with van der Waals surface area (Å²) in [7, 11) is 1.72. The van der Waals surface area contributed by atoms with Gasteiger partial charge in [0.2, 0.25) is 0 Å². The van der Waals surface area contributed by atoms with Gasteiger partial charge in [-0.2, -0.15) is 0 Å². The smallest absolute Gasteiger partial charge is 0.330 e. The number of nitrogens with zero attached hydrogens (tertiary/aromatic N) is 1. The minimum atomic E-state index is -0.973. The van der Waals surface area contributed by atoms with E-state index in [2.05, 4.69) is 120 Å². The number of aliphatic hydroxyl groups is 1. The molecule has 0 saturated heterocycles. The van der Waals surface area contributed by atoms with Crippen LogP contribution in [0.15, 0.2) is 121 Å². The normalized spacial score (nSPS) is 12.2. The first kappa shape index (κ1) is 26.1. The molecule has 0 heterocycles. The summed E-state index contributed by atoms with van der Waals surface area (Å²) in [6, 6.07) is 43.0. The fourth-order valence-corrected chi connectivity index (χ4v) is 5.04. The van der Waals surface area contributed by atoms with Crippen molar-refractivity contribution < 1.29 is 9.76 Å². The molecular formula is C36H33BNO2. The second-order valence-electron chi connectivity index (χ2n) is 11.4. The summed E-state index contributed by atoms with van der Waals surface area (Å²) in [5.41, 5.74) is 2.47. The van der Waals surface area contributed by atoms with Crippen LogP contribution in [0.25, 0.3) is 32.3 Å². The average molecular weight is 522 g/mol. The maximum absolute atomic E-state index is 10.4. The van der Waals surface area contributed by atoms with Gasteiger partial charge in [0.1, 0.15) is 0 Å². The van der Waals surface area contributed by atoms with Crippen LogP contribution in [0.5, 0.6) is 0 Å². The van der Waals surface area contributed by atoms with Gasteiger partial charge in [-0.15, -0.1) is 0 Å². The molecular weight excluding hydrogens is 489 g/mol. The van der Waals surface area contributed by atoms with Crippen molar-refractivity contribution in [2.75, 3.05) is 4.90 Å². The Kier molecular flexibility index (Phi) is 6.62. The van der Waals surface area contributed by atoms with Crippen LogP contribution >= 0.6 is 0 Å². The molecule has 0 aliphatic rings. The first-order valence-corrected chi connectivity index (χ1v) is 13.7. The van der Waals surface area contributed by atoms with Crippen molar-refractivity contribution >= 4 is 62.3 Å². The summed E-state index contributed by atoms with van der Waals surface area (Å²) in [5.74, 6) is 0. The zero-order valence-corrected chi connectivity index (χ0v) is 23.4. The molecule has 0 saturated carbocycles. The third-order valence-electron chi connectivity index (χ3n) is 8.10. The molecule has 6 aromatic rings. The lowest BCUT2D eigenvalue weighted by Crippen LogP contribution is -2.49. The standard InChI is InChI=1S/C36H33BNO2/c1-35(2,39)36(3,4)40-37-28-19-22-30(23-20-28)38(29-11-6-5-7-12-29)31-21-18-26-15-17-27-16-14-25-10-8-9-13-32(25)34(27)33(26)24-31/h5-24,39H,1-4H3. The molecule has 0 fully saturated rings. The van der Waals surface area contributed by atoms with E-state index in [0.717, 1.165) is 22.5 Å². The Labute approximate surface area is 236 Å². The third-order valence-corrected chi connectivity index (χ3v) is 8.10. The van der Waals surface area contributed by atoms with Crippen LogP contribution in [0.4, 0.5) is 17.1 Å².